The fourth-order valence-corrected chi connectivity index (χ4v) is 8.90. The van der Waals surface area contributed by atoms with Crippen molar-refractivity contribution in [2.75, 3.05) is 0 Å². The zero-order valence-electron chi connectivity index (χ0n) is 34.0. The molecule has 0 amide bonds. The average molecular weight is 821 g/mol. The summed E-state index contributed by atoms with van der Waals surface area (Å²) >= 11 is 0. The highest BCUT2D eigenvalue weighted by Crippen LogP contribution is 2.37. The van der Waals surface area contributed by atoms with Gasteiger partial charge in [0.1, 0.15) is 22.7 Å². The number of nitriles is 1. The molecule has 8 nitrogen and oxygen atoms in total. The first-order chi connectivity index (χ1) is 31.6. The number of benzene rings is 8. The lowest BCUT2D eigenvalue weighted by atomic mass is 10.0. The van der Waals surface area contributed by atoms with Gasteiger partial charge < -0.3 is 18.0 Å². The standard InChI is InChI=1S/C56H32N6O2/c1-58-48(56-60-47-13-5-9-17-54(47)64-56)33-36-19-29-52-45(32-36)43-11-3-7-15-50(43)62(52)41-26-22-38(23-27-41)37-20-24-40(25-21-37)61-49-14-6-2-10-42(49)44-31-35(18-28-51(44)61)30-39(34-57)55-59-46-12-4-8-16-53(46)63-55/h2-33H/b39-30-,48-33+. The van der Waals surface area contributed by atoms with Gasteiger partial charge in [0.15, 0.2) is 11.2 Å². The van der Waals surface area contributed by atoms with E-state index in [1.165, 1.54) is 0 Å². The van der Waals surface area contributed by atoms with Crippen LogP contribution in [-0.4, -0.2) is 19.1 Å². The maximum atomic E-state index is 10.1. The summed E-state index contributed by atoms with van der Waals surface area (Å²) in [7, 11) is 0. The molecule has 64 heavy (non-hydrogen) atoms. The molecule has 0 bridgehead atoms. The zero-order valence-corrected chi connectivity index (χ0v) is 34.0. The molecule has 0 saturated carbocycles. The number of aromatic nitrogens is 4. The zero-order chi connectivity index (χ0) is 42.7. The molecule has 8 heteroatoms. The van der Waals surface area contributed by atoms with Gasteiger partial charge in [0.25, 0.3) is 0 Å². The molecule has 12 aromatic rings. The molecule has 12 rings (SSSR count). The average Bonchev–Trinajstić information content (AvgIpc) is 4.13. The van der Waals surface area contributed by atoms with E-state index in [9.17, 15) is 5.26 Å². The van der Waals surface area contributed by atoms with Gasteiger partial charge in [0, 0.05) is 32.9 Å². The van der Waals surface area contributed by atoms with E-state index >= 15 is 0 Å². The van der Waals surface area contributed by atoms with Crippen LogP contribution >= 0.6 is 0 Å². The van der Waals surface area contributed by atoms with Gasteiger partial charge in [-0.25, -0.2) is 14.8 Å². The minimum atomic E-state index is 0.307. The second kappa shape index (κ2) is 14.7. The Bertz CT molecular complexity index is 3650. The second-order valence-corrected chi connectivity index (χ2v) is 15.6. The number of rotatable bonds is 7. The van der Waals surface area contributed by atoms with Gasteiger partial charge >= 0.3 is 0 Å². The molecule has 0 saturated heterocycles. The van der Waals surface area contributed by atoms with Crippen molar-refractivity contribution in [3.05, 3.63) is 216 Å². The Morgan fingerprint density at radius 3 is 1.47 bits per heavy atom. The van der Waals surface area contributed by atoms with Crippen LogP contribution in [0.4, 0.5) is 0 Å². The third kappa shape index (κ3) is 6.06. The monoisotopic (exact) mass is 820 g/mol. The first-order valence-electron chi connectivity index (χ1n) is 20.8. The third-order valence-electron chi connectivity index (χ3n) is 11.9. The van der Waals surface area contributed by atoms with E-state index in [2.05, 4.69) is 151 Å². The van der Waals surface area contributed by atoms with Gasteiger partial charge in [-0.2, -0.15) is 5.26 Å². The molecule has 0 atom stereocenters. The van der Waals surface area contributed by atoms with Crippen LogP contribution in [0.2, 0.25) is 0 Å². The molecule has 0 unspecified atom stereocenters. The highest BCUT2D eigenvalue weighted by atomic mass is 16.4. The van der Waals surface area contributed by atoms with Gasteiger partial charge in [-0.3, -0.25) is 0 Å². The fraction of sp³-hybridized carbons (Fsp3) is 0. The molecule has 0 aliphatic rings. The number of hydrogen-bond acceptors (Lipinski definition) is 5. The Labute approximate surface area is 365 Å². The molecule has 0 aliphatic carbocycles. The summed E-state index contributed by atoms with van der Waals surface area (Å²) in [5.41, 5.74) is 13.9. The molecule has 8 aromatic carbocycles. The van der Waals surface area contributed by atoms with Crippen molar-refractivity contribution < 1.29 is 8.83 Å². The van der Waals surface area contributed by atoms with Gasteiger partial charge in [-0.05, 0) is 119 Å². The van der Waals surface area contributed by atoms with Crippen molar-refractivity contribution in [2.24, 2.45) is 0 Å². The van der Waals surface area contributed by atoms with Crippen LogP contribution in [0.15, 0.2) is 191 Å². The summed E-state index contributed by atoms with van der Waals surface area (Å²) in [5.74, 6) is 0.621. The van der Waals surface area contributed by atoms with Gasteiger partial charge in [-0.1, -0.05) is 97.1 Å². The maximum absolute atomic E-state index is 10.1. The summed E-state index contributed by atoms with van der Waals surface area (Å²) in [6.07, 6.45) is 3.68. The number of fused-ring (bicyclic) bond motifs is 8. The van der Waals surface area contributed by atoms with Gasteiger partial charge in [0.05, 0.1) is 28.6 Å². The summed E-state index contributed by atoms with van der Waals surface area (Å²) in [5, 5.41) is 14.5. The predicted molar refractivity (Wildman–Crippen MR) is 257 cm³/mol. The van der Waals surface area contributed by atoms with Crippen LogP contribution in [0.3, 0.4) is 0 Å². The van der Waals surface area contributed by atoms with E-state index in [1.807, 2.05) is 72.8 Å². The van der Waals surface area contributed by atoms with Crippen molar-refractivity contribution in [1.29, 1.82) is 5.26 Å². The minimum Gasteiger partial charge on any atom is -0.447 e. The molecule has 0 radical (unpaired) electrons. The van der Waals surface area contributed by atoms with E-state index in [1.54, 1.807) is 0 Å². The number of allylic oxidation sites excluding steroid dienone is 1. The normalized spacial score (nSPS) is 12.2. The van der Waals surface area contributed by atoms with Crippen LogP contribution in [-0.2, 0) is 0 Å². The third-order valence-corrected chi connectivity index (χ3v) is 11.9. The van der Waals surface area contributed by atoms with Crippen molar-refractivity contribution in [1.82, 2.24) is 19.1 Å². The number of nitrogens with zero attached hydrogens (tertiary/aromatic N) is 6. The van der Waals surface area contributed by atoms with Gasteiger partial charge in [0.2, 0.25) is 17.5 Å². The van der Waals surface area contributed by atoms with Crippen LogP contribution < -0.4 is 0 Å². The molecule has 0 spiro atoms. The smallest absolute Gasteiger partial charge is 0.248 e. The van der Waals surface area contributed by atoms with Crippen LogP contribution in [0, 0.1) is 17.9 Å². The Hall–Kier alpha value is -9.24. The van der Waals surface area contributed by atoms with Crippen molar-refractivity contribution in [3.8, 4) is 28.6 Å². The van der Waals surface area contributed by atoms with Crippen LogP contribution in [0.5, 0.6) is 0 Å². The topological polar surface area (TPSA) is 90.1 Å². The Morgan fingerprint density at radius 2 is 0.953 bits per heavy atom. The summed E-state index contributed by atoms with van der Waals surface area (Å²) in [4.78, 5) is 12.9. The fourth-order valence-electron chi connectivity index (χ4n) is 8.90. The molecular formula is C56H32N6O2. The highest BCUT2D eigenvalue weighted by Gasteiger charge is 2.17. The quantitative estimate of drug-likeness (QED) is 0.118. The predicted octanol–water partition coefficient (Wildman–Crippen LogP) is 14.3. The van der Waals surface area contributed by atoms with E-state index in [0.29, 0.717) is 34.2 Å². The summed E-state index contributed by atoms with van der Waals surface area (Å²) < 4.78 is 16.4. The lowest BCUT2D eigenvalue weighted by Gasteiger charge is -2.11. The Kier molecular flexibility index (Phi) is 8.43. The largest absolute Gasteiger partial charge is 0.447 e. The van der Waals surface area contributed by atoms with E-state index in [4.69, 9.17) is 15.4 Å². The molecule has 0 N–H and O–H groups in total. The van der Waals surface area contributed by atoms with Crippen LogP contribution in [0.1, 0.15) is 22.9 Å². The minimum absolute atomic E-state index is 0.307. The lowest BCUT2D eigenvalue weighted by molar-refractivity contribution is 0.586. The van der Waals surface area contributed by atoms with Crippen molar-refractivity contribution in [2.45, 2.75) is 0 Å². The molecule has 0 fully saturated rings. The van der Waals surface area contributed by atoms with E-state index < -0.39 is 0 Å². The lowest BCUT2D eigenvalue weighted by Crippen LogP contribution is -1.95. The molecule has 298 valence electrons. The van der Waals surface area contributed by atoms with E-state index in [0.717, 1.165) is 88.3 Å². The van der Waals surface area contributed by atoms with Crippen molar-refractivity contribution >= 4 is 89.2 Å². The maximum Gasteiger partial charge on any atom is 0.248 e. The number of oxazole rings is 2. The van der Waals surface area contributed by atoms with Gasteiger partial charge in [-0.15, -0.1) is 0 Å². The second-order valence-electron chi connectivity index (χ2n) is 15.6. The first-order valence-corrected chi connectivity index (χ1v) is 20.8. The number of para-hydroxylation sites is 6. The molecule has 4 heterocycles. The summed E-state index contributed by atoms with van der Waals surface area (Å²) in [6, 6.07) is 64.2. The highest BCUT2D eigenvalue weighted by molar-refractivity contribution is 6.11. The SMILES string of the molecule is [C-]#[N+]/C(=C/c1ccc2c(c1)c1ccccc1n2-c1ccc(-c2ccc(-n3c4ccccc4c4cc(/C=C(/C#N)c5nc6ccccc6o5)ccc43)cc2)cc1)c1nc2ccccc2o1. The van der Waals surface area contributed by atoms with Crippen LogP contribution in [0.25, 0.3) is 117 Å². The molecule has 4 aromatic heterocycles. The first kappa shape index (κ1) is 36.6. The number of hydrogen-bond donors (Lipinski definition) is 0. The summed E-state index contributed by atoms with van der Waals surface area (Å²) in [6.45, 7) is 7.91. The van der Waals surface area contributed by atoms with E-state index in [-0.39, 0.29) is 0 Å². The van der Waals surface area contributed by atoms with Crippen molar-refractivity contribution in [3.63, 3.8) is 0 Å². The Morgan fingerprint density at radius 1 is 0.500 bits per heavy atom. The molecule has 0 aliphatic heterocycles. The molecular weight excluding hydrogens is 789 g/mol. The Balaban J connectivity index is 0.857.